The molecule has 2 aromatic rings. The molecular formula is C18H23N3. The van der Waals surface area contributed by atoms with E-state index in [4.69, 9.17) is 0 Å². The molecule has 1 aliphatic carbocycles. The standard InChI is InChI=1S/C18H23N3/c1-3-7-14(8-4-1)11-15-12-17-19-20-18(21(17)13-15)16-9-5-2-6-10-16/h1,3-4,7-8,15-16H,2,5-6,9-13H2. The number of hydrogen-bond donors (Lipinski definition) is 0. The van der Waals surface area contributed by atoms with Gasteiger partial charge in [0.15, 0.2) is 0 Å². The molecule has 1 unspecified atom stereocenters. The summed E-state index contributed by atoms with van der Waals surface area (Å²) in [6.45, 7) is 1.11. The first kappa shape index (κ1) is 13.1. The van der Waals surface area contributed by atoms with Crippen LogP contribution in [0.3, 0.4) is 0 Å². The lowest BCUT2D eigenvalue weighted by atomic mass is 9.88. The summed E-state index contributed by atoms with van der Waals surface area (Å²) >= 11 is 0. The fraction of sp³-hybridized carbons (Fsp3) is 0.556. The summed E-state index contributed by atoms with van der Waals surface area (Å²) in [5.74, 6) is 3.85. The molecule has 0 saturated heterocycles. The number of hydrogen-bond acceptors (Lipinski definition) is 2. The van der Waals surface area contributed by atoms with Gasteiger partial charge in [-0.15, -0.1) is 10.2 Å². The van der Waals surface area contributed by atoms with Gasteiger partial charge in [-0.2, -0.15) is 0 Å². The van der Waals surface area contributed by atoms with Gasteiger partial charge in [-0.25, -0.2) is 0 Å². The Morgan fingerprint density at radius 1 is 1.00 bits per heavy atom. The number of fused-ring (bicyclic) bond motifs is 1. The molecule has 21 heavy (non-hydrogen) atoms. The van der Waals surface area contributed by atoms with Gasteiger partial charge in [0.2, 0.25) is 0 Å². The van der Waals surface area contributed by atoms with Gasteiger partial charge in [0, 0.05) is 18.9 Å². The smallest absolute Gasteiger partial charge is 0.136 e. The molecule has 1 aromatic carbocycles. The van der Waals surface area contributed by atoms with Gasteiger partial charge in [0.05, 0.1) is 0 Å². The van der Waals surface area contributed by atoms with Gasteiger partial charge in [0.25, 0.3) is 0 Å². The van der Waals surface area contributed by atoms with Crippen molar-refractivity contribution in [1.82, 2.24) is 14.8 Å². The predicted octanol–water partition coefficient (Wildman–Crippen LogP) is 3.74. The van der Waals surface area contributed by atoms with Crippen LogP contribution in [-0.4, -0.2) is 14.8 Å². The van der Waals surface area contributed by atoms with Gasteiger partial charge in [-0.05, 0) is 30.7 Å². The molecule has 3 nitrogen and oxygen atoms in total. The monoisotopic (exact) mass is 281 g/mol. The topological polar surface area (TPSA) is 30.7 Å². The third kappa shape index (κ3) is 2.61. The lowest BCUT2D eigenvalue weighted by Gasteiger charge is -2.21. The molecule has 0 amide bonds. The summed E-state index contributed by atoms with van der Waals surface area (Å²) < 4.78 is 2.43. The minimum atomic E-state index is 0.662. The van der Waals surface area contributed by atoms with Crippen LogP contribution in [0.15, 0.2) is 30.3 Å². The van der Waals surface area contributed by atoms with E-state index in [0.29, 0.717) is 11.8 Å². The second-order valence-corrected chi connectivity index (χ2v) is 6.68. The first-order valence-electron chi connectivity index (χ1n) is 8.36. The normalized spacial score (nSPS) is 22.4. The molecule has 1 atom stereocenters. The van der Waals surface area contributed by atoms with Crippen LogP contribution in [0.1, 0.15) is 55.2 Å². The van der Waals surface area contributed by atoms with Crippen molar-refractivity contribution < 1.29 is 0 Å². The van der Waals surface area contributed by atoms with Gasteiger partial charge in [-0.3, -0.25) is 0 Å². The Hall–Kier alpha value is -1.64. The van der Waals surface area contributed by atoms with E-state index in [0.717, 1.165) is 19.4 Å². The lowest BCUT2D eigenvalue weighted by molar-refractivity contribution is 0.406. The third-order valence-electron chi connectivity index (χ3n) is 5.11. The second kappa shape index (κ2) is 5.63. The zero-order valence-electron chi connectivity index (χ0n) is 12.5. The van der Waals surface area contributed by atoms with Crippen molar-refractivity contribution in [1.29, 1.82) is 0 Å². The summed E-state index contributed by atoms with van der Waals surface area (Å²) in [4.78, 5) is 0. The van der Waals surface area contributed by atoms with E-state index in [9.17, 15) is 0 Å². The highest BCUT2D eigenvalue weighted by Crippen LogP contribution is 2.34. The zero-order chi connectivity index (χ0) is 14.1. The molecule has 2 aliphatic rings. The first-order chi connectivity index (χ1) is 10.4. The summed E-state index contributed by atoms with van der Waals surface area (Å²) in [6, 6.07) is 10.8. The van der Waals surface area contributed by atoms with Crippen LogP contribution in [0.25, 0.3) is 0 Å². The van der Waals surface area contributed by atoms with E-state index in [-0.39, 0.29) is 0 Å². The van der Waals surface area contributed by atoms with Crippen LogP contribution < -0.4 is 0 Å². The Labute approximate surface area is 126 Å². The largest absolute Gasteiger partial charge is 0.314 e. The Morgan fingerprint density at radius 2 is 1.81 bits per heavy atom. The van der Waals surface area contributed by atoms with E-state index in [1.807, 2.05) is 0 Å². The fourth-order valence-corrected chi connectivity index (χ4v) is 4.03. The zero-order valence-corrected chi connectivity index (χ0v) is 12.5. The number of aromatic nitrogens is 3. The maximum atomic E-state index is 4.52. The van der Waals surface area contributed by atoms with E-state index in [2.05, 4.69) is 45.1 Å². The minimum Gasteiger partial charge on any atom is -0.314 e. The van der Waals surface area contributed by atoms with Crippen molar-refractivity contribution in [2.45, 2.75) is 57.4 Å². The van der Waals surface area contributed by atoms with Crippen LogP contribution in [0.2, 0.25) is 0 Å². The van der Waals surface area contributed by atoms with Crippen molar-refractivity contribution in [2.24, 2.45) is 5.92 Å². The number of benzene rings is 1. The highest BCUT2D eigenvalue weighted by Gasteiger charge is 2.29. The average molecular weight is 281 g/mol. The summed E-state index contributed by atoms with van der Waals surface area (Å²) in [5.41, 5.74) is 1.44. The fourth-order valence-electron chi connectivity index (χ4n) is 4.03. The Kier molecular flexibility index (Phi) is 3.50. The van der Waals surface area contributed by atoms with Crippen LogP contribution >= 0.6 is 0 Å². The third-order valence-corrected chi connectivity index (χ3v) is 5.11. The van der Waals surface area contributed by atoms with Gasteiger partial charge in [0.1, 0.15) is 11.6 Å². The molecule has 0 spiro atoms. The van der Waals surface area contributed by atoms with Crippen molar-refractivity contribution in [2.75, 3.05) is 0 Å². The molecule has 3 heteroatoms. The SMILES string of the molecule is c1ccc(CC2Cc3nnc(C4CCCCC4)n3C2)cc1. The lowest BCUT2D eigenvalue weighted by Crippen LogP contribution is -2.14. The van der Waals surface area contributed by atoms with Crippen LogP contribution in [0, 0.1) is 5.92 Å². The van der Waals surface area contributed by atoms with E-state index in [1.165, 1.54) is 49.3 Å². The second-order valence-electron chi connectivity index (χ2n) is 6.68. The molecule has 1 aromatic heterocycles. The van der Waals surface area contributed by atoms with Crippen LogP contribution in [0.5, 0.6) is 0 Å². The average Bonchev–Trinajstić information content (AvgIpc) is 3.09. The van der Waals surface area contributed by atoms with Crippen LogP contribution in [-0.2, 0) is 19.4 Å². The quantitative estimate of drug-likeness (QED) is 0.858. The highest BCUT2D eigenvalue weighted by atomic mass is 15.3. The molecule has 0 bridgehead atoms. The maximum Gasteiger partial charge on any atom is 0.136 e. The van der Waals surface area contributed by atoms with E-state index >= 15 is 0 Å². The van der Waals surface area contributed by atoms with Crippen molar-refractivity contribution in [3.05, 3.63) is 47.5 Å². The van der Waals surface area contributed by atoms with E-state index in [1.54, 1.807) is 0 Å². The first-order valence-corrected chi connectivity index (χ1v) is 8.36. The predicted molar refractivity (Wildman–Crippen MR) is 83.2 cm³/mol. The molecular weight excluding hydrogens is 258 g/mol. The molecule has 110 valence electrons. The molecule has 0 radical (unpaired) electrons. The highest BCUT2D eigenvalue weighted by molar-refractivity contribution is 5.17. The Balaban J connectivity index is 1.48. The molecule has 1 fully saturated rings. The molecule has 2 heterocycles. The van der Waals surface area contributed by atoms with Crippen LogP contribution in [0.4, 0.5) is 0 Å². The minimum absolute atomic E-state index is 0.662. The summed E-state index contributed by atoms with van der Waals surface area (Å²) in [7, 11) is 0. The van der Waals surface area contributed by atoms with Gasteiger partial charge < -0.3 is 4.57 Å². The maximum absolute atomic E-state index is 4.52. The Bertz CT molecular complexity index is 596. The van der Waals surface area contributed by atoms with Gasteiger partial charge >= 0.3 is 0 Å². The van der Waals surface area contributed by atoms with Crippen molar-refractivity contribution in [3.8, 4) is 0 Å². The molecule has 4 rings (SSSR count). The molecule has 1 saturated carbocycles. The summed E-state index contributed by atoms with van der Waals surface area (Å²) in [5, 5.41) is 8.99. The number of nitrogens with zero attached hydrogens (tertiary/aromatic N) is 3. The number of rotatable bonds is 3. The molecule has 0 N–H and O–H groups in total. The Morgan fingerprint density at radius 3 is 2.62 bits per heavy atom. The van der Waals surface area contributed by atoms with E-state index < -0.39 is 0 Å². The summed E-state index contributed by atoms with van der Waals surface area (Å²) in [6.07, 6.45) is 8.99. The molecule has 1 aliphatic heterocycles. The van der Waals surface area contributed by atoms with Gasteiger partial charge in [-0.1, -0.05) is 49.6 Å². The van der Waals surface area contributed by atoms with Crippen molar-refractivity contribution in [3.63, 3.8) is 0 Å². The van der Waals surface area contributed by atoms with Crippen molar-refractivity contribution >= 4 is 0 Å².